The molecular weight excluding hydrogens is 491 g/mol. The van der Waals surface area contributed by atoms with Crippen LogP contribution in [0.15, 0.2) is 59.5 Å². The monoisotopic (exact) mass is 514 g/mol. The first-order valence-corrected chi connectivity index (χ1v) is 11.7. The Kier molecular flexibility index (Phi) is 7.44. The van der Waals surface area contributed by atoms with Crippen molar-refractivity contribution in [3.63, 3.8) is 0 Å². The molecule has 6 nitrogen and oxygen atoms in total. The van der Waals surface area contributed by atoms with Crippen molar-refractivity contribution in [3.05, 3.63) is 63.7 Å². The fourth-order valence-electron chi connectivity index (χ4n) is 3.05. The number of amides is 1. The van der Waals surface area contributed by atoms with Crippen LogP contribution in [0.4, 0.5) is 0 Å². The third-order valence-corrected chi connectivity index (χ3v) is 6.76. The Balaban J connectivity index is 1.74. The summed E-state index contributed by atoms with van der Waals surface area (Å²) in [5.41, 5.74) is 0.880. The number of benzene rings is 2. The number of carbonyl (C=O) groups excluding carboxylic acids is 1. The molecule has 0 unspecified atom stereocenters. The van der Waals surface area contributed by atoms with Crippen molar-refractivity contribution in [2.45, 2.75) is 36.3 Å². The third kappa shape index (κ3) is 6.00. The Morgan fingerprint density at radius 3 is 2.50 bits per heavy atom. The Morgan fingerprint density at radius 1 is 1.14 bits per heavy atom. The number of carbonyl (C=O) groups is 1. The van der Waals surface area contributed by atoms with E-state index in [1.54, 1.807) is 12.1 Å². The molecular formula is C20H23IN2O4S. The smallest absolute Gasteiger partial charge is 0.241 e. The molecule has 3 rings (SSSR count). The van der Waals surface area contributed by atoms with Gasteiger partial charge in [-0.25, -0.2) is 8.42 Å². The van der Waals surface area contributed by atoms with Crippen LogP contribution in [0.2, 0.25) is 0 Å². The molecule has 1 amide bonds. The van der Waals surface area contributed by atoms with E-state index in [-0.39, 0.29) is 23.3 Å². The minimum absolute atomic E-state index is 0.00543. The molecule has 1 aliphatic rings. The summed E-state index contributed by atoms with van der Waals surface area (Å²) in [6, 6.07) is 15.0. The van der Waals surface area contributed by atoms with E-state index in [9.17, 15) is 13.2 Å². The normalized spacial score (nSPS) is 18.0. The van der Waals surface area contributed by atoms with Crippen molar-refractivity contribution in [2.24, 2.45) is 0 Å². The van der Waals surface area contributed by atoms with Gasteiger partial charge in [0.05, 0.1) is 11.0 Å². The van der Waals surface area contributed by atoms with Crippen LogP contribution in [0.1, 0.15) is 18.4 Å². The molecule has 0 saturated carbocycles. The molecule has 0 bridgehead atoms. The Hall–Kier alpha value is -1.49. The molecule has 1 heterocycles. The SMILES string of the molecule is O=C(NC[C@H]1CCCO1)[C@H](Cc1ccccc1)NS(=O)(=O)c1ccc(I)cc1. The van der Waals surface area contributed by atoms with Gasteiger partial charge in [-0.1, -0.05) is 30.3 Å². The van der Waals surface area contributed by atoms with Crippen LogP contribution in [0.25, 0.3) is 0 Å². The summed E-state index contributed by atoms with van der Waals surface area (Å²) in [4.78, 5) is 12.9. The van der Waals surface area contributed by atoms with E-state index in [1.807, 2.05) is 30.3 Å². The van der Waals surface area contributed by atoms with E-state index in [4.69, 9.17) is 4.74 Å². The molecule has 150 valence electrons. The predicted octanol–water partition coefficient (Wildman–Crippen LogP) is 2.48. The Bertz CT molecular complexity index is 882. The standard InChI is InChI=1S/C20H23IN2O4S/c21-16-8-10-18(11-9-16)28(25,26)23-19(13-15-5-2-1-3-6-15)20(24)22-14-17-7-4-12-27-17/h1-3,5-6,8-11,17,19,23H,4,7,12-14H2,(H,22,24)/t17-,19+/m1/s1. The zero-order chi connectivity index (χ0) is 20.0. The van der Waals surface area contributed by atoms with Gasteiger partial charge in [0.2, 0.25) is 15.9 Å². The van der Waals surface area contributed by atoms with Crippen LogP contribution in [0.3, 0.4) is 0 Å². The van der Waals surface area contributed by atoms with Gasteiger partial charge in [0.15, 0.2) is 0 Å². The number of hydrogen-bond acceptors (Lipinski definition) is 4. The molecule has 2 aromatic rings. The zero-order valence-electron chi connectivity index (χ0n) is 15.3. The van der Waals surface area contributed by atoms with E-state index in [0.717, 1.165) is 22.0 Å². The van der Waals surface area contributed by atoms with Crippen LogP contribution < -0.4 is 10.0 Å². The summed E-state index contributed by atoms with van der Waals surface area (Å²) in [6.07, 6.45) is 2.14. The predicted molar refractivity (Wildman–Crippen MR) is 115 cm³/mol. The number of nitrogens with one attached hydrogen (secondary N) is 2. The zero-order valence-corrected chi connectivity index (χ0v) is 18.3. The van der Waals surface area contributed by atoms with Gasteiger partial charge in [0, 0.05) is 16.7 Å². The van der Waals surface area contributed by atoms with Gasteiger partial charge in [-0.15, -0.1) is 0 Å². The lowest BCUT2D eigenvalue weighted by molar-refractivity contribution is -0.123. The van der Waals surface area contributed by atoms with Crippen LogP contribution in [0.5, 0.6) is 0 Å². The molecule has 8 heteroatoms. The van der Waals surface area contributed by atoms with E-state index in [0.29, 0.717) is 13.2 Å². The second kappa shape index (κ2) is 9.82. The number of hydrogen-bond donors (Lipinski definition) is 2. The lowest BCUT2D eigenvalue weighted by Crippen LogP contribution is -2.49. The molecule has 1 saturated heterocycles. The van der Waals surface area contributed by atoms with Crippen molar-refractivity contribution < 1.29 is 17.9 Å². The topological polar surface area (TPSA) is 84.5 Å². The maximum Gasteiger partial charge on any atom is 0.241 e. The minimum Gasteiger partial charge on any atom is -0.376 e. The van der Waals surface area contributed by atoms with Crippen molar-refractivity contribution in [1.82, 2.24) is 10.0 Å². The largest absolute Gasteiger partial charge is 0.376 e. The van der Waals surface area contributed by atoms with Gasteiger partial charge in [-0.3, -0.25) is 4.79 Å². The second-order valence-corrected chi connectivity index (χ2v) is 9.66. The fraction of sp³-hybridized carbons (Fsp3) is 0.350. The first-order chi connectivity index (χ1) is 13.4. The Morgan fingerprint density at radius 2 is 1.86 bits per heavy atom. The van der Waals surface area contributed by atoms with Crippen LogP contribution >= 0.6 is 22.6 Å². The van der Waals surface area contributed by atoms with Crippen molar-refractivity contribution in [3.8, 4) is 0 Å². The lowest BCUT2D eigenvalue weighted by atomic mass is 10.1. The lowest BCUT2D eigenvalue weighted by Gasteiger charge is -2.20. The summed E-state index contributed by atoms with van der Waals surface area (Å²) in [5.74, 6) is -0.353. The maximum absolute atomic E-state index is 12.8. The van der Waals surface area contributed by atoms with Crippen molar-refractivity contribution in [2.75, 3.05) is 13.2 Å². The Labute approximate surface area is 179 Å². The third-order valence-electron chi connectivity index (χ3n) is 4.55. The highest BCUT2D eigenvalue weighted by molar-refractivity contribution is 14.1. The fourth-order valence-corrected chi connectivity index (χ4v) is 4.60. The molecule has 2 N–H and O–H groups in total. The summed E-state index contributed by atoms with van der Waals surface area (Å²) < 4.78 is 34.6. The van der Waals surface area contributed by atoms with Gasteiger partial charge in [0.25, 0.3) is 0 Å². The molecule has 1 aliphatic heterocycles. The first kappa shape index (κ1) is 21.2. The van der Waals surface area contributed by atoms with E-state index in [2.05, 4.69) is 32.6 Å². The van der Waals surface area contributed by atoms with Crippen LogP contribution in [0, 0.1) is 3.57 Å². The van der Waals surface area contributed by atoms with Gasteiger partial charge < -0.3 is 10.1 Å². The molecule has 0 spiro atoms. The number of halogens is 1. The van der Waals surface area contributed by atoms with E-state index in [1.165, 1.54) is 12.1 Å². The summed E-state index contributed by atoms with van der Waals surface area (Å²) >= 11 is 2.11. The van der Waals surface area contributed by atoms with Gasteiger partial charge in [-0.05, 0) is 71.7 Å². The van der Waals surface area contributed by atoms with Crippen molar-refractivity contribution in [1.29, 1.82) is 0 Å². The van der Waals surface area contributed by atoms with Crippen molar-refractivity contribution >= 4 is 38.5 Å². The minimum atomic E-state index is -3.82. The molecule has 2 atom stereocenters. The van der Waals surface area contributed by atoms with Gasteiger partial charge in [0.1, 0.15) is 6.04 Å². The molecule has 2 aromatic carbocycles. The summed E-state index contributed by atoms with van der Waals surface area (Å²) in [6.45, 7) is 1.09. The van der Waals surface area contributed by atoms with E-state index < -0.39 is 16.1 Å². The molecule has 1 fully saturated rings. The number of sulfonamides is 1. The van der Waals surface area contributed by atoms with Crippen LogP contribution in [-0.2, 0) is 26.0 Å². The molecule has 28 heavy (non-hydrogen) atoms. The highest BCUT2D eigenvalue weighted by Gasteiger charge is 2.27. The van der Waals surface area contributed by atoms with Crippen LogP contribution in [-0.4, -0.2) is 39.6 Å². The van der Waals surface area contributed by atoms with E-state index >= 15 is 0 Å². The first-order valence-electron chi connectivity index (χ1n) is 9.15. The summed E-state index contributed by atoms with van der Waals surface area (Å²) in [7, 11) is -3.82. The quantitative estimate of drug-likeness (QED) is 0.531. The second-order valence-electron chi connectivity index (χ2n) is 6.70. The van der Waals surface area contributed by atoms with Gasteiger partial charge >= 0.3 is 0 Å². The molecule has 0 aromatic heterocycles. The number of rotatable bonds is 8. The number of ether oxygens (including phenoxy) is 1. The molecule has 0 aliphatic carbocycles. The van der Waals surface area contributed by atoms with Gasteiger partial charge in [-0.2, -0.15) is 4.72 Å². The average molecular weight is 514 g/mol. The maximum atomic E-state index is 12.8. The highest BCUT2D eigenvalue weighted by Crippen LogP contribution is 2.14. The average Bonchev–Trinajstić information content (AvgIpc) is 3.20. The molecule has 0 radical (unpaired) electrons. The highest BCUT2D eigenvalue weighted by atomic mass is 127. The summed E-state index contributed by atoms with van der Waals surface area (Å²) in [5, 5.41) is 2.84.